The van der Waals surface area contributed by atoms with Crippen molar-refractivity contribution in [2.45, 2.75) is 13.3 Å². The van der Waals surface area contributed by atoms with Crippen LogP contribution in [0.4, 0.5) is 5.69 Å². The summed E-state index contributed by atoms with van der Waals surface area (Å²) in [6, 6.07) is 19.4. The zero-order chi connectivity index (χ0) is 14.7. The van der Waals surface area contributed by atoms with Crippen LogP contribution in [0.15, 0.2) is 71.3 Å². The molecule has 0 radical (unpaired) electrons. The molecule has 2 aromatic rings. The lowest BCUT2D eigenvalue weighted by Crippen LogP contribution is -2.21. The van der Waals surface area contributed by atoms with E-state index in [4.69, 9.17) is 0 Å². The summed E-state index contributed by atoms with van der Waals surface area (Å²) < 4.78 is 0. The van der Waals surface area contributed by atoms with E-state index in [0.29, 0.717) is 5.57 Å². The molecule has 3 nitrogen and oxygen atoms in total. The van der Waals surface area contributed by atoms with Crippen LogP contribution in [0.25, 0.3) is 6.08 Å². The lowest BCUT2D eigenvalue weighted by Gasteiger charge is -2.10. The van der Waals surface area contributed by atoms with Crippen molar-refractivity contribution in [1.82, 2.24) is 0 Å². The van der Waals surface area contributed by atoms with E-state index >= 15 is 0 Å². The molecule has 21 heavy (non-hydrogen) atoms. The van der Waals surface area contributed by atoms with Gasteiger partial charge in [-0.3, -0.25) is 4.79 Å². The summed E-state index contributed by atoms with van der Waals surface area (Å²) in [6.07, 6.45) is 2.64. The molecule has 1 amide bonds. The van der Waals surface area contributed by atoms with Crippen molar-refractivity contribution in [3.8, 4) is 0 Å². The average Bonchev–Trinajstić information content (AvgIpc) is 2.86. The summed E-state index contributed by atoms with van der Waals surface area (Å²) in [5, 5.41) is 5.95. The van der Waals surface area contributed by atoms with Crippen LogP contribution in [-0.4, -0.2) is 11.6 Å². The van der Waals surface area contributed by atoms with Gasteiger partial charge in [-0.25, -0.2) is 0 Å². The van der Waals surface area contributed by atoms with Gasteiger partial charge in [0.1, 0.15) is 0 Å². The fourth-order valence-electron chi connectivity index (χ4n) is 2.32. The predicted molar refractivity (Wildman–Crippen MR) is 86.1 cm³/mol. The van der Waals surface area contributed by atoms with Gasteiger partial charge < -0.3 is 0 Å². The predicted octanol–water partition coefficient (Wildman–Crippen LogP) is 3.88. The molecule has 0 atom stereocenters. The Labute approximate surface area is 124 Å². The minimum atomic E-state index is -0.0677. The molecule has 0 aliphatic carbocycles. The van der Waals surface area contributed by atoms with Crippen molar-refractivity contribution in [2.24, 2.45) is 5.10 Å². The first-order chi connectivity index (χ1) is 10.3. The molecule has 3 rings (SSSR count). The van der Waals surface area contributed by atoms with Gasteiger partial charge in [-0.2, -0.15) is 10.1 Å². The number of amides is 1. The SMILES string of the molecule is CCC1=NN(c2ccccc2)C(=O)/C1=C/c1ccccc1. The normalized spacial score (nSPS) is 16.4. The largest absolute Gasteiger partial charge is 0.280 e. The molecule has 0 spiro atoms. The summed E-state index contributed by atoms with van der Waals surface area (Å²) in [5.41, 5.74) is 3.31. The molecule has 0 N–H and O–H groups in total. The Hall–Kier alpha value is -2.68. The molecule has 1 aliphatic rings. The summed E-state index contributed by atoms with van der Waals surface area (Å²) in [5.74, 6) is -0.0677. The van der Waals surface area contributed by atoms with E-state index in [2.05, 4.69) is 5.10 Å². The average molecular weight is 276 g/mol. The van der Waals surface area contributed by atoms with Gasteiger partial charge in [0, 0.05) is 0 Å². The van der Waals surface area contributed by atoms with E-state index in [1.165, 1.54) is 5.01 Å². The fourth-order valence-corrected chi connectivity index (χ4v) is 2.32. The Bertz CT molecular complexity index is 703. The van der Waals surface area contributed by atoms with Crippen molar-refractivity contribution >= 4 is 23.4 Å². The molecule has 1 aliphatic heterocycles. The lowest BCUT2D eigenvalue weighted by atomic mass is 10.0. The Morgan fingerprint density at radius 1 is 1.00 bits per heavy atom. The highest BCUT2D eigenvalue weighted by atomic mass is 16.2. The Morgan fingerprint density at radius 2 is 1.62 bits per heavy atom. The maximum Gasteiger partial charge on any atom is 0.280 e. The van der Waals surface area contributed by atoms with Gasteiger partial charge in [-0.1, -0.05) is 55.5 Å². The summed E-state index contributed by atoms with van der Waals surface area (Å²) in [6.45, 7) is 2.01. The quantitative estimate of drug-likeness (QED) is 0.783. The van der Waals surface area contributed by atoms with Gasteiger partial charge in [-0.15, -0.1) is 0 Å². The van der Waals surface area contributed by atoms with Crippen LogP contribution < -0.4 is 5.01 Å². The third kappa shape index (κ3) is 2.63. The second kappa shape index (κ2) is 5.75. The van der Waals surface area contributed by atoms with E-state index in [0.717, 1.165) is 23.4 Å². The van der Waals surface area contributed by atoms with E-state index in [9.17, 15) is 4.79 Å². The molecule has 104 valence electrons. The van der Waals surface area contributed by atoms with Crippen LogP contribution in [0.3, 0.4) is 0 Å². The minimum absolute atomic E-state index is 0.0677. The molecule has 0 saturated heterocycles. The molecule has 2 aromatic carbocycles. The Balaban J connectivity index is 1.99. The first-order valence-electron chi connectivity index (χ1n) is 7.03. The standard InChI is InChI=1S/C18H16N2O/c1-2-17-16(13-14-9-5-3-6-10-14)18(21)20(19-17)15-11-7-4-8-12-15/h3-13H,2H2,1H3/b16-13+. The van der Waals surface area contributed by atoms with E-state index in [-0.39, 0.29) is 5.91 Å². The number of hydrazone groups is 1. The maximum atomic E-state index is 12.6. The molecule has 0 bridgehead atoms. The monoisotopic (exact) mass is 276 g/mol. The highest BCUT2D eigenvalue weighted by Crippen LogP contribution is 2.25. The van der Waals surface area contributed by atoms with Crippen molar-refractivity contribution < 1.29 is 4.79 Å². The second-order valence-electron chi connectivity index (χ2n) is 4.82. The number of benzene rings is 2. The van der Waals surface area contributed by atoms with Gasteiger partial charge in [0.2, 0.25) is 0 Å². The summed E-state index contributed by atoms with van der Waals surface area (Å²) in [7, 11) is 0. The molecule has 1 heterocycles. The number of hydrogen-bond donors (Lipinski definition) is 0. The van der Waals surface area contributed by atoms with E-state index < -0.39 is 0 Å². The second-order valence-corrected chi connectivity index (χ2v) is 4.82. The number of carbonyl (C=O) groups is 1. The summed E-state index contributed by atoms with van der Waals surface area (Å²) >= 11 is 0. The topological polar surface area (TPSA) is 32.7 Å². The van der Waals surface area contributed by atoms with Crippen molar-refractivity contribution in [3.63, 3.8) is 0 Å². The minimum Gasteiger partial charge on any atom is -0.267 e. The number of rotatable bonds is 3. The maximum absolute atomic E-state index is 12.6. The van der Waals surface area contributed by atoms with Gasteiger partial charge in [-0.05, 0) is 30.2 Å². The molecule has 0 aromatic heterocycles. The molecule has 3 heteroatoms. The molecule has 0 unspecified atom stereocenters. The zero-order valence-corrected chi connectivity index (χ0v) is 11.9. The first-order valence-corrected chi connectivity index (χ1v) is 7.03. The van der Waals surface area contributed by atoms with Gasteiger partial charge in [0.25, 0.3) is 5.91 Å². The molecule has 0 saturated carbocycles. The van der Waals surface area contributed by atoms with Gasteiger partial charge in [0.15, 0.2) is 0 Å². The number of carbonyl (C=O) groups excluding carboxylic acids is 1. The van der Waals surface area contributed by atoms with Gasteiger partial charge in [0.05, 0.1) is 17.0 Å². The van der Waals surface area contributed by atoms with Crippen LogP contribution >= 0.6 is 0 Å². The van der Waals surface area contributed by atoms with E-state index in [1.807, 2.05) is 73.7 Å². The van der Waals surface area contributed by atoms with Crippen molar-refractivity contribution in [2.75, 3.05) is 5.01 Å². The van der Waals surface area contributed by atoms with Crippen molar-refractivity contribution in [1.29, 1.82) is 0 Å². The Kier molecular flexibility index (Phi) is 3.65. The van der Waals surface area contributed by atoms with Crippen LogP contribution in [0.2, 0.25) is 0 Å². The third-order valence-electron chi connectivity index (χ3n) is 3.40. The first kappa shape index (κ1) is 13.3. The summed E-state index contributed by atoms with van der Waals surface area (Å²) in [4.78, 5) is 12.6. The van der Waals surface area contributed by atoms with Gasteiger partial charge >= 0.3 is 0 Å². The van der Waals surface area contributed by atoms with Crippen molar-refractivity contribution in [3.05, 3.63) is 71.8 Å². The highest BCUT2D eigenvalue weighted by Gasteiger charge is 2.29. The van der Waals surface area contributed by atoms with Crippen LogP contribution in [0.1, 0.15) is 18.9 Å². The number of hydrogen-bond acceptors (Lipinski definition) is 2. The molecular formula is C18H16N2O. The number of anilines is 1. The van der Waals surface area contributed by atoms with Crippen LogP contribution in [0, 0.1) is 0 Å². The highest BCUT2D eigenvalue weighted by molar-refractivity contribution is 6.32. The fraction of sp³-hybridized carbons (Fsp3) is 0.111. The number of para-hydroxylation sites is 1. The Morgan fingerprint density at radius 3 is 2.24 bits per heavy atom. The molecule has 0 fully saturated rings. The van der Waals surface area contributed by atoms with Crippen LogP contribution in [-0.2, 0) is 4.79 Å². The third-order valence-corrected chi connectivity index (χ3v) is 3.40. The molecular weight excluding hydrogens is 260 g/mol. The number of nitrogens with zero attached hydrogens (tertiary/aromatic N) is 2. The zero-order valence-electron chi connectivity index (χ0n) is 11.9. The van der Waals surface area contributed by atoms with Crippen LogP contribution in [0.5, 0.6) is 0 Å². The van der Waals surface area contributed by atoms with E-state index in [1.54, 1.807) is 0 Å². The smallest absolute Gasteiger partial charge is 0.267 e. The lowest BCUT2D eigenvalue weighted by molar-refractivity contribution is -0.114.